The van der Waals surface area contributed by atoms with E-state index in [1.807, 2.05) is 24.3 Å². The minimum Gasteiger partial charge on any atom is -0.303 e. The van der Waals surface area contributed by atoms with Crippen molar-refractivity contribution in [3.05, 3.63) is 35.4 Å². The van der Waals surface area contributed by atoms with Gasteiger partial charge in [-0.1, -0.05) is 36.0 Å². The molecule has 2 nitrogen and oxygen atoms in total. The van der Waals surface area contributed by atoms with Gasteiger partial charge in [0.15, 0.2) is 5.12 Å². The maximum absolute atomic E-state index is 10.8. The Balaban J connectivity index is 2.73. The maximum Gasteiger partial charge on any atom is 0.186 e. The summed E-state index contributed by atoms with van der Waals surface area (Å²) >= 11 is 1.27. The lowest BCUT2D eigenvalue weighted by Gasteiger charge is -2.04. The lowest BCUT2D eigenvalue weighted by Crippen LogP contribution is -1.94. The number of rotatable bonds is 4. The van der Waals surface area contributed by atoms with Crippen LogP contribution in [-0.4, -0.2) is 11.4 Å². The Kier molecular flexibility index (Phi) is 4.40. The molecular weight excluding hydrogens is 196 g/mol. The Bertz CT molecular complexity index is 334. The normalized spacial score (nSPS) is 9.79. The second-order valence-corrected chi connectivity index (χ2v) is 4.07. The van der Waals surface area contributed by atoms with Gasteiger partial charge in [-0.15, -0.1) is 0 Å². The molecule has 0 fully saturated rings. The van der Waals surface area contributed by atoms with E-state index in [4.69, 9.17) is 0 Å². The summed E-state index contributed by atoms with van der Waals surface area (Å²) in [6, 6.07) is 7.70. The van der Waals surface area contributed by atoms with Crippen LogP contribution in [0.15, 0.2) is 24.3 Å². The van der Waals surface area contributed by atoms with Crippen molar-refractivity contribution in [2.24, 2.45) is 0 Å². The second kappa shape index (κ2) is 5.60. The molecule has 0 aliphatic carbocycles. The predicted octanol–water partition coefficient (Wildman–Crippen LogP) is 2.21. The van der Waals surface area contributed by atoms with Gasteiger partial charge in [0.2, 0.25) is 0 Å². The zero-order valence-corrected chi connectivity index (χ0v) is 8.84. The van der Waals surface area contributed by atoms with E-state index in [9.17, 15) is 9.59 Å². The fraction of sp³-hybridized carbons (Fsp3) is 0.273. The molecule has 1 aromatic carbocycles. The molecule has 0 aliphatic rings. The zero-order valence-electron chi connectivity index (χ0n) is 8.03. The van der Waals surface area contributed by atoms with Gasteiger partial charge in [-0.2, -0.15) is 0 Å². The van der Waals surface area contributed by atoms with Crippen LogP contribution in [0, 0.1) is 0 Å². The molecule has 0 radical (unpaired) electrons. The van der Waals surface area contributed by atoms with E-state index in [0.717, 1.165) is 17.4 Å². The molecule has 0 amide bonds. The summed E-state index contributed by atoms with van der Waals surface area (Å²) in [5, 5.41) is 0.103. The zero-order chi connectivity index (χ0) is 10.4. The van der Waals surface area contributed by atoms with Crippen molar-refractivity contribution in [3.8, 4) is 0 Å². The standard InChI is InChI=1S/C11H12O2S/c1-9(13)14-8-11-5-3-2-4-10(11)6-7-12/h2-5,7H,6,8H2,1H3. The van der Waals surface area contributed by atoms with Crippen molar-refractivity contribution in [1.29, 1.82) is 0 Å². The number of thioether (sulfide) groups is 1. The minimum atomic E-state index is 0.103. The van der Waals surface area contributed by atoms with Gasteiger partial charge in [0.1, 0.15) is 6.29 Å². The fourth-order valence-electron chi connectivity index (χ4n) is 1.17. The predicted molar refractivity (Wildman–Crippen MR) is 58.2 cm³/mol. The number of hydrogen-bond acceptors (Lipinski definition) is 3. The maximum atomic E-state index is 10.8. The van der Waals surface area contributed by atoms with Crippen LogP contribution in [0.2, 0.25) is 0 Å². The van der Waals surface area contributed by atoms with E-state index < -0.39 is 0 Å². The van der Waals surface area contributed by atoms with Gasteiger partial charge in [-0.25, -0.2) is 0 Å². The van der Waals surface area contributed by atoms with Gasteiger partial charge in [-0.05, 0) is 11.1 Å². The average Bonchev–Trinajstić information content (AvgIpc) is 2.17. The highest BCUT2D eigenvalue weighted by Crippen LogP contribution is 2.16. The lowest BCUT2D eigenvalue weighted by atomic mass is 10.1. The first kappa shape index (κ1) is 11.0. The Morgan fingerprint density at radius 1 is 1.36 bits per heavy atom. The molecule has 0 heterocycles. The summed E-state index contributed by atoms with van der Waals surface area (Å²) in [7, 11) is 0. The van der Waals surface area contributed by atoms with E-state index in [0.29, 0.717) is 12.2 Å². The van der Waals surface area contributed by atoms with E-state index in [1.165, 1.54) is 11.8 Å². The molecule has 0 unspecified atom stereocenters. The number of aldehydes is 1. The van der Waals surface area contributed by atoms with Crippen LogP contribution < -0.4 is 0 Å². The Labute approximate surface area is 87.7 Å². The number of carbonyl (C=O) groups excluding carboxylic acids is 2. The van der Waals surface area contributed by atoms with E-state index in [1.54, 1.807) is 6.92 Å². The van der Waals surface area contributed by atoms with E-state index >= 15 is 0 Å². The topological polar surface area (TPSA) is 34.1 Å². The first-order valence-electron chi connectivity index (χ1n) is 4.38. The van der Waals surface area contributed by atoms with Crippen molar-refractivity contribution in [2.75, 3.05) is 0 Å². The molecule has 0 saturated heterocycles. The molecule has 0 N–H and O–H groups in total. The highest BCUT2D eigenvalue weighted by Gasteiger charge is 2.02. The van der Waals surface area contributed by atoms with Gasteiger partial charge >= 0.3 is 0 Å². The van der Waals surface area contributed by atoms with Crippen LogP contribution in [0.1, 0.15) is 18.1 Å². The van der Waals surface area contributed by atoms with Gasteiger partial charge in [0, 0.05) is 19.1 Å². The quantitative estimate of drug-likeness (QED) is 0.711. The van der Waals surface area contributed by atoms with E-state index in [2.05, 4.69) is 0 Å². The molecule has 1 aromatic rings. The van der Waals surface area contributed by atoms with Crippen LogP contribution in [-0.2, 0) is 21.8 Å². The molecule has 0 saturated carbocycles. The SMILES string of the molecule is CC(=O)SCc1ccccc1CC=O. The summed E-state index contributed by atoms with van der Waals surface area (Å²) in [6.45, 7) is 1.55. The highest BCUT2D eigenvalue weighted by molar-refractivity contribution is 8.12. The van der Waals surface area contributed by atoms with Crippen molar-refractivity contribution in [2.45, 2.75) is 19.1 Å². The number of benzene rings is 1. The van der Waals surface area contributed by atoms with Gasteiger partial charge in [0.05, 0.1) is 0 Å². The Morgan fingerprint density at radius 2 is 2.00 bits per heavy atom. The summed E-state index contributed by atoms with van der Waals surface area (Å²) < 4.78 is 0. The Morgan fingerprint density at radius 3 is 2.57 bits per heavy atom. The van der Waals surface area contributed by atoms with Crippen molar-refractivity contribution in [1.82, 2.24) is 0 Å². The molecule has 3 heteroatoms. The Hall–Kier alpha value is -1.09. The van der Waals surface area contributed by atoms with Crippen LogP contribution >= 0.6 is 11.8 Å². The summed E-state index contributed by atoms with van der Waals surface area (Å²) in [5.41, 5.74) is 2.08. The first-order chi connectivity index (χ1) is 6.74. The lowest BCUT2D eigenvalue weighted by molar-refractivity contribution is -0.109. The largest absolute Gasteiger partial charge is 0.303 e. The molecule has 14 heavy (non-hydrogen) atoms. The second-order valence-electron chi connectivity index (χ2n) is 2.92. The first-order valence-corrected chi connectivity index (χ1v) is 5.36. The average molecular weight is 208 g/mol. The molecule has 74 valence electrons. The molecule has 0 bridgehead atoms. The van der Waals surface area contributed by atoms with Gasteiger partial charge in [-0.3, -0.25) is 4.79 Å². The summed E-state index contributed by atoms with van der Waals surface area (Å²) in [4.78, 5) is 21.2. The van der Waals surface area contributed by atoms with Crippen LogP contribution in [0.25, 0.3) is 0 Å². The molecular formula is C11H12O2S. The van der Waals surface area contributed by atoms with Crippen molar-refractivity contribution in [3.63, 3.8) is 0 Å². The molecule has 0 spiro atoms. The molecule has 0 aliphatic heterocycles. The number of hydrogen-bond donors (Lipinski definition) is 0. The molecule has 0 atom stereocenters. The van der Waals surface area contributed by atoms with Gasteiger partial charge < -0.3 is 4.79 Å². The van der Waals surface area contributed by atoms with Crippen LogP contribution in [0.3, 0.4) is 0 Å². The number of carbonyl (C=O) groups is 2. The van der Waals surface area contributed by atoms with Crippen LogP contribution in [0.5, 0.6) is 0 Å². The third-order valence-corrected chi connectivity index (χ3v) is 2.71. The summed E-state index contributed by atoms with van der Waals surface area (Å²) in [5.74, 6) is 0.652. The van der Waals surface area contributed by atoms with Gasteiger partial charge in [0.25, 0.3) is 0 Å². The third kappa shape index (κ3) is 3.34. The third-order valence-electron chi connectivity index (χ3n) is 1.85. The smallest absolute Gasteiger partial charge is 0.186 e. The molecule has 1 rings (SSSR count). The fourth-order valence-corrected chi connectivity index (χ4v) is 1.81. The summed E-state index contributed by atoms with van der Waals surface area (Å²) in [6.07, 6.45) is 1.31. The minimum absolute atomic E-state index is 0.103. The van der Waals surface area contributed by atoms with Crippen molar-refractivity contribution < 1.29 is 9.59 Å². The van der Waals surface area contributed by atoms with Crippen molar-refractivity contribution >= 4 is 23.2 Å². The van der Waals surface area contributed by atoms with Crippen LogP contribution in [0.4, 0.5) is 0 Å². The molecule has 0 aromatic heterocycles. The highest BCUT2D eigenvalue weighted by atomic mass is 32.2. The monoisotopic (exact) mass is 208 g/mol. The van der Waals surface area contributed by atoms with E-state index in [-0.39, 0.29) is 5.12 Å².